The molecule has 0 amide bonds. The summed E-state index contributed by atoms with van der Waals surface area (Å²) in [7, 11) is 0. The van der Waals surface area contributed by atoms with Crippen LogP contribution in [-0.2, 0) is 0 Å². The molecule has 10 aromatic rings. The largest absolute Gasteiger partial charge is 0.456 e. The second-order valence-corrected chi connectivity index (χ2v) is 10.1. The van der Waals surface area contributed by atoms with Gasteiger partial charge in [0.2, 0.25) is 0 Å². The molecule has 5 nitrogen and oxygen atoms in total. The monoisotopic (exact) mass is 640 g/mol. The quantitative estimate of drug-likeness (QED) is 0.191. The van der Waals surface area contributed by atoms with Crippen LogP contribution in [0, 0.1) is 0 Å². The summed E-state index contributed by atoms with van der Waals surface area (Å²) in [6.45, 7) is 0. The van der Waals surface area contributed by atoms with E-state index in [1.807, 2.05) is 0 Å². The van der Waals surface area contributed by atoms with E-state index in [2.05, 4.69) is 15.0 Å². The van der Waals surface area contributed by atoms with Gasteiger partial charge < -0.3 is 8.83 Å². The van der Waals surface area contributed by atoms with Gasteiger partial charge >= 0.3 is 0 Å². The normalized spacial score (nSPS) is 19.0. The molecule has 7 aromatic carbocycles. The fourth-order valence-electron chi connectivity index (χ4n) is 5.44. The lowest BCUT2D eigenvalue weighted by molar-refractivity contribution is 0.668. The first kappa shape index (κ1) is 11.9. The Morgan fingerprint density at radius 1 is 0.333 bits per heavy atom. The van der Waals surface area contributed by atoms with Gasteiger partial charge in [0.1, 0.15) is 22.3 Å². The van der Waals surface area contributed by atoms with Crippen LogP contribution < -0.4 is 0 Å². The Bertz CT molecular complexity index is 4250. The van der Waals surface area contributed by atoms with Crippen LogP contribution in [0.5, 0.6) is 0 Å². The molecule has 10 rings (SSSR count). The molecule has 0 aliphatic rings. The molecule has 0 N–H and O–H groups in total. The van der Waals surface area contributed by atoms with Crippen molar-refractivity contribution in [2.45, 2.75) is 0 Å². The first-order chi connectivity index (χ1) is 34.2. The van der Waals surface area contributed by atoms with Crippen molar-refractivity contribution >= 4 is 54.6 Å². The van der Waals surface area contributed by atoms with Gasteiger partial charge in [-0.25, -0.2) is 15.0 Å². The van der Waals surface area contributed by atoms with Gasteiger partial charge in [0.05, 0.1) is 34.3 Å². The Labute approximate surface area is 309 Å². The molecule has 0 radical (unpaired) electrons. The van der Waals surface area contributed by atoms with Crippen molar-refractivity contribution in [2.75, 3.05) is 0 Å². The second-order valence-electron chi connectivity index (χ2n) is 10.1. The van der Waals surface area contributed by atoms with Crippen molar-refractivity contribution < 1.29 is 43.1 Å². The van der Waals surface area contributed by atoms with E-state index in [9.17, 15) is 8.22 Å². The van der Waals surface area contributed by atoms with Crippen molar-refractivity contribution in [2.24, 2.45) is 0 Å². The summed E-state index contributed by atoms with van der Waals surface area (Å²) < 4.78 is 232. The van der Waals surface area contributed by atoms with Crippen molar-refractivity contribution in [3.8, 4) is 45.3 Å². The first-order valence-electron chi connectivity index (χ1n) is 26.4. The summed E-state index contributed by atoms with van der Waals surface area (Å²) in [4.78, 5) is 13.3. The van der Waals surface area contributed by atoms with Crippen LogP contribution in [0.3, 0.4) is 0 Å². The fraction of sp³-hybridized carbons (Fsp3) is 0. The van der Waals surface area contributed by atoms with Crippen LogP contribution in [0.1, 0.15) is 34.3 Å². The molecule has 0 aliphatic carbocycles. The summed E-state index contributed by atoms with van der Waals surface area (Å²) in [5, 5.41) is -3.12. The Balaban J connectivity index is 1.44. The topological polar surface area (TPSA) is 65.0 Å². The fourth-order valence-corrected chi connectivity index (χ4v) is 5.44. The number of benzene rings is 7. The van der Waals surface area contributed by atoms with E-state index >= 15 is 0 Å². The zero-order chi connectivity index (χ0) is 53.4. The predicted molar refractivity (Wildman–Crippen MR) is 194 cm³/mol. The lowest BCUT2D eigenvalue weighted by atomic mass is 9.93. The molecule has 3 heterocycles. The molecule has 0 spiro atoms. The number of para-hydroxylation sites is 2. The van der Waals surface area contributed by atoms with Gasteiger partial charge in [-0.2, -0.15) is 0 Å². The zero-order valence-corrected chi connectivity index (χ0v) is 23.7. The van der Waals surface area contributed by atoms with E-state index in [0.717, 1.165) is 0 Å². The molecule has 224 valence electrons. The molecule has 48 heavy (non-hydrogen) atoms. The van der Waals surface area contributed by atoms with E-state index in [1.165, 1.54) is 0 Å². The number of fused-ring (bicyclic) bond motifs is 7. The SMILES string of the molecule is [2H]c1c([2H])c([2H])c(-c2nc(-c3c([2H])c([2H])c([2H])c4c(-c5c([2H])c([2H])c([2H])c6oc7c([2H])c([2H])c([2H])c([2H])c7c56)c([2H])c([2H])c([2H])c34)nc(-c3c([2H])c([2H])c([2H])c4oc5c([2H])c([2H])c([2H])c([2H])c5c34)n2)c([2H])c1[2H]. The maximum absolute atomic E-state index is 9.37. The van der Waals surface area contributed by atoms with E-state index in [1.54, 1.807) is 0 Å². The zero-order valence-electron chi connectivity index (χ0n) is 48.7. The second kappa shape index (κ2) is 10.5. The van der Waals surface area contributed by atoms with E-state index < -0.39 is 251 Å². The Kier molecular flexibility index (Phi) is 2.59. The van der Waals surface area contributed by atoms with Gasteiger partial charge in [0, 0.05) is 38.2 Å². The summed E-state index contributed by atoms with van der Waals surface area (Å²) in [5.41, 5.74) is -5.62. The summed E-state index contributed by atoms with van der Waals surface area (Å²) in [5.74, 6) is -2.49. The highest BCUT2D eigenvalue weighted by molar-refractivity contribution is 6.16. The summed E-state index contributed by atoms with van der Waals surface area (Å²) in [6.07, 6.45) is 0. The van der Waals surface area contributed by atoms with Crippen molar-refractivity contribution in [3.05, 3.63) is 151 Å². The summed E-state index contributed by atoms with van der Waals surface area (Å²) >= 11 is 0. The summed E-state index contributed by atoms with van der Waals surface area (Å²) in [6, 6.07) is -21.4. The van der Waals surface area contributed by atoms with Crippen LogP contribution in [-0.4, -0.2) is 15.0 Å². The standard InChI is InChI=1S/C43H25N3O2/c1-2-12-26(13-3-1)41-44-42(46-43(45-41)34-21-11-25-38-40(34)33-15-5-7-23-36(33)48-38)31-20-9-16-27-28(17-8-18-29(27)31)30-19-10-24-37-39(30)32-14-4-6-22-35(32)47-37/h1-25H/i1D,2D,3D,4D,5D,6D,7D,8D,9D,10D,11D,12D,13D,14D,15D,16D,17D,18D,19D,20D,21D,22D,23D,24D,25D. The molecular weight excluding hydrogens is 590 g/mol. The van der Waals surface area contributed by atoms with Gasteiger partial charge in [-0.1, -0.05) is 127 Å². The van der Waals surface area contributed by atoms with Crippen LogP contribution >= 0.6 is 0 Å². The number of aromatic nitrogens is 3. The van der Waals surface area contributed by atoms with Gasteiger partial charge in [-0.3, -0.25) is 0 Å². The Morgan fingerprint density at radius 2 is 0.771 bits per heavy atom. The third-order valence-corrected chi connectivity index (χ3v) is 7.45. The van der Waals surface area contributed by atoms with Crippen molar-refractivity contribution in [3.63, 3.8) is 0 Å². The van der Waals surface area contributed by atoms with Gasteiger partial charge in [-0.15, -0.1) is 0 Å². The van der Waals surface area contributed by atoms with Crippen molar-refractivity contribution in [1.82, 2.24) is 15.0 Å². The average Bonchev–Trinajstić information content (AvgIpc) is 3.96. The minimum atomic E-state index is -1.01. The van der Waals surface area contributed by atoms with Gasteiger partial charge in [0.15, 0.2) is 17.5 Å². The third-order valence-electron chi connectivity index (χ3n) is 7.45. The van der Waals surface area contributed by atoms with E-state index in [-0.39, 0.29) is 0 Å². The molecule has 5 heteroatoms. The molecule has 0 bridgehead atoms. The lowest BCUT2D eigenvalue weighted by Gasteiger charge is -2.13. The minimum Gasteiger partial charge on any atom is -0.456 e. The van der Waals surface area contributed by atoms with E-state index in [4.69, 9.17) is 34.9 Å². The number of nitrogens with zero attached hydrogens (tertiary/aromatic N) is 3. The molecule has 0 saturated carbocycles. The van der Waals surface area contributed by atoms with Gasteiger partial charge in [0.25, 0.3) is 0 Å². The lowest BCUT2D eigenvalue weighted by Crippen LogP contribution is -2.01. The maximum atomic E-state index is 9.37. The molecule has 0 fully saturated rings. The highest BCUT2D eigenvalue weighted by Crippen LogP contribution is 2.41. The molecule has 0 unspecified atom stereocenters. The van der Waals surface area contributed by atoms with Crippen LogP contribution in [0.4, 0.5) is 0 Å². The molecule has 3 aromatic heterocycles. The molecule has 0 aliphatic heterocycles. The number of hydrogen-bond donors (Lipinski definition) is 0. The maximum Gasteiger partial charge on any atom is 0.164 e. The average molecular weight is 641 g/mol. The Morgan fingerprint density at radius 3 is 1.46 bits per heavy atom. The number of furan rings is 2. The molecular formula is C43H25N3O2. The smallest absolute Gasteiger partial charge is 0.164 e. The molecule has 0 atom stereocenters. The minimum absolute atomic E-state index is 0.426. The highest BCUT2D eigenvalue weighted by Gasteiger charge is 2.20. The number of rotatable bonds is 4. The van der Waals surface area contributed by atoms with Crippen LogP contribution in [0.25, 0.3) is 99.9 Å². The first-order valence-corrected chi connectivity index (χ1v) is 13.9. The van der Waals surface area contributed by atoms with E-state index in [0.29, 0.717) is 0 Å². The van der Waals surface area contributed by atoms with Crippen LogP contribution in [0.2, 0.25) is 0 Å². The van der Waals surface area contributed by atoms with Crippen LogP contribution in [0.15, 0.2) is 160 Å². The highest BCUT2D eigenvalue weighted by atomic mass is 16.3. The third kappa shape index (κ3) is 4.08. The predicted octanol–water partition coefficient (Wildman–Crippen LogP) is 11.5. The number of hydrogen-bond acceptors (Lipinski definition) is 5. The van der Waals surface area contributed by atoms with Gasteiger partial charge in [-0.05, 0) is 46.1 Å². The Hall–Kier alpha value is -6.59. The van der Waals surface area contributed by atoms with Crippen molar-refractivity contribution in [1.29, 1.82) is 0 Å². The molecule has 0 saturated heterocycles.